The van der Waals surface area contributed by atoms with Crippen LogP contribution in [-0.4, -0.2) is 40.6 Å². The van der Waals surface area contributed by atoms with E-state index in [0.29, 0.717) is 11.3 Å². The average Bonchev–Trinajstić information content (AvgIpc) is 3.02. The third kappa shape index (κ3) is 8.16. The highest BCUT2D eigenvalue weighted by molar-refractivity contribution is 14.1. The molecule has 224 valence electrons. The minimum absolute atomic E-state index is 0.0604. The van der Waals surface area contributed by atoms with Crippen molar-refractivity contribution in [1.29, 1.82) is 0 Å². The van der Waals surface area contributed by atoms with Gasteiger partial charge in [-0.1, -0.05) is 97.2 Å². The minimum Gasteiger partial charge on any atom is -0.386 e. The Balaban J connectivity index is 1.64. The Morgan fingerprint density at radius 1 is 1.02 bits per heavy atom. The molecule has 3 aromatic rings. The number of amidine groups is 1. The third-order valence-corrected chi connectivity index (χ3v) is 9.18. The third-order valence-electron chi connectivity index (χ3n) is 6.54. The molecule has 44 heavy (non-hydrogen) atoms. The van der Waals surface area contributed by atoms with Gasteiger partial charge in [0.2, 0.25) is 5.91 Å². The van der Waals surface area contributed by atoms with Crippen LogP contribution in [0.4, 0.5) is 5.69 Å². The monoisotopic (exact) mass is 828 g/mol. The standard InChI is InChI=1S/C34H30I2N4O3S/c1-4-6-17-25(5-2)40-33(43)26(18-22-19-27(35)31(37-3)28(36)20-22)32(42)39-34(40)44-21-29(41)38-30(23-13-9-7-10-14-23)24-15-11-8-12-16-24/h4-20,30,37H,1,21H2,2-3H3,(H,38,41)/b17-6-,25-5+,26-18+. The molecule has 0 unspecified atom stereocenters. The summed E-state index contributed by atoms with van der Waals surface area (Å²) in [6.07, 6.45) is 8.31. The molecule has 0 saturated carbocycles. The topological polar surface area (TPSA) is 90.9 Å². The van der Waals surface area contributed by atoms with Crippen LogP contribution in [0.5, 0.6) is 0 Å². The van der Waals surface area contributed by atoms with Crippen LogP contribution in [0.3, 0.4) is 0 Å². The quantitative estimate of drug-likeness (QED) is 0.0968. The molecule has 0 bridgehead atoms. The number of amides is 3. The van der Waals surface area contributed by atoms with E-state index in [2.05, 4.69) is 67.4 Å². The number of benzene rings is 3. The summed E-state index contributed by atoms with van der Waals surface area (Å²) in [5.41, 5.74) is 3.98. The van der Waals surface area contributed by atoms with Gasteiger partial charge in [0, 0.05) is 19.9 Å². The number of nitrogens with zero attached hydrogens (tertiary/aromatic N) is 2. The van der Waals surface area contributed by atoms with Crippen LogP contribution in [0.25, 0.3) is 6.08 Å². The molecule has 0 atom stereocenters. The van der Waals surface area contributed by atoms with Gasteiger partial charge in [-0.2, -0.15) is 4.99 Å². The van der Waals surface area contributed by atoms with E-state index in [0.717, 1.165) is 35.7 Å². The van der Waals surface area contributed by atoms with E-state index in [1.807, 2.05) is 79.8 Å². The van der Waals surface area contributed by atoms with Crippen molar-refractivity contribution in [3.63, 3.8) is 0 Å². The van der Waals surface area contributed by atoms with E-state index in [1.165, 1.54) is 4.90 Å². The van der Waals surface area contributed by atoms with Crippen LogP contribution in [0, 0.1) is 7.14 Å². The highest BCUT2D eigenvalue weighted by Gasteiger charge is 2.35. The molecule has 1 aliphatic heterocycles. The van der Waals surface area contributed by atoms with Crippen molar-refractivity contribution in [2.45, 2.75) is 13.0 Å². The van der Waals surface area contributed by atoms with Gasteiger partial charge in [0.1, 0.15) is 5.57 Å². The maximum Gasteiger partial charge on any atom is 0.285 e. The Labute approximate surface area is 289 Å². The van der Waals surface area contributed by atoms with Crippen molar-refractivity contribution in [1.82, 2.24) is 10.2 Å². The number of thioether (sulfide) groups is 1. The van der Waals surface area contributed by atoms with Crippen LogP contribution in [0.1, 0.15) is 29.7 Å². The fourth-order valence-electron chi connectivity index (χ4n) is 4.47. The molecule has 3 amide bonds. The molecule has 1 heterocycles. The molecule has 0 radical (unpaired) electrons. The first-order valence-corrected chi connectivity index (χ1v) is 16.7. The molecular formula is C34H30I2N4O3S. The number of hydrogen-bond donors (Lipinski definition) is 2. The first-order chi connectivity index (χ1) is 21.3. The van der Waals surface area contributed by atoms with Crippen molar-refractivity contribution >= 4 is 91.6 Å². The van der Waals surface area contributed by atoms with Gasteiger partial charge < -0.3 is 10.6 Å². The summed E-state index contributed by atoms with van der Waals surface area (Å²) >= 11 is 5.46. The van der Waals surface area contributed by atoms with Gasteiger partial charge in [0.25, 0.3) is 11.8 Å². The molecule has 0 aliphatic carbocycles. The highest BCUT2D eigenvalue weighted by atomic mass is 127. The first-order valence-electron chi connectivity index (χ1n) is 13.6. The van der Waals surface area contributed by atoms with Crippen LogP contribution in [0.15, 0.2) is 120 Å². The maximum atomic E-state index is 13.9. The van der Waals surface area contributed by atoms with Gasteiger partial charge in [-0.25, -0.2) is 0 Å². The summed E-state index contributed by atoms with van der Waals surface area (Å²) < 4.78 is 1.91. The second kappa shape index (κ2) is 16.0. The van der Waals surface area contributed by atoms with Crippen LogP contribution in [0.2, 0.25) is 0 Å². The van der Waals surface area contributed by atoms with E-state index in [9.17, 15) is 14.4 Å². The van der Waals surface area contributed by atoms with Gasteiger partial charge in [0.05, 0.1) is 17.5 Å². The number of anilines is 1. The molecule has 1 aliphatic rings. The zero-order chi connectivity index (χ0) is 31.6. The lowest BCUT2D eigenvalue weighted by Gasteiger charge is -2.28. The zero-order valence-corrected chi connectivity index (χ0v) is 29.2. The lowest BCUT2D eigenvalue weighted by molar-refractivity contribution is -0.126. The van der Waals surface area contributed by atoms with Crippen LogP contribution in [-0.2, 0) is 14.4 Å². The summed E-state index contributed by atoms with van der Waals surface area (Å²) in [5, 5.41) is 6.39. The van der Waals surface area contributed by atoms with E-state index >= 15 is 0 Å². The van der Waals surface area contributed by atoms with Crippen molar-refractivity contribution in [3.05, 3.63) is 139 Å². The van der Waals surface area contributed by atoms with Crippen LogP contribution < -0.4 is 10.6 Å². The van der Waals surface area contributed by atoms with Crippen molar-refractivity contribution in [3.8, 4) is 0 Å². The number of hydrogen-bond acceptors (Lipinski definition) is 5. The number of carbonyl (C=O) groups is 3. The molecule has 3 aromatic carbocycles. The summed E-state index contributed by atoms with van der Waals surface area (Å²) in [6, 6.07) is 22.8. The lowest BCUT2D eigenvalue weighted by Crippen LogP contribution is -2.42. The Kier molecular flexibility index (Phi) is 12.1. The zero-order valence-electron chi connectivity index (χ0n) is 24.1. The predicted molar refractivity (Wildman–Crippen MR) is 197 cm³/mol. The van der Waals surface area contributed by atoms with E-state index in [4.69, 9.17) is 0 Å². The smallest absolute Gasteiger partial charge is 0.285 e. The number of rotatable bonds is 10. The Morgan fingerprint density at radius 3 is 2.14 bits per heavy atom. The maximum absolute atomic E-state index is 13.9. The van der Waals surface area contributed by atoms with Gasteiger partial charge in [0.15, 0.2) is 5.17 Å². The highest BCUT2D eigenvalue weighted by Crippen LogP contribution is 2.30. The van der Waals surface area contributed by atoms with E-state index in [1.54, 1.807) is 37.3 Å². The fraction of sp³-hybridized carbons (Fsp3) is 0.118. The van der Waals surface area contributed by atoms with Gasteiger partial charge in [-0.05, 0) is 93.1 Å². The number of carbonyl (C=O) groups excluding carboxylic acids is 3. The van der Waals surface area contributed by atoms with Crippen molar-refractivity contribution in [2.24, 2.45) is 4.99 Å². The van der Waals surface area contributed by atoms with Crippen molar-refractivity contribution < 1.29 is 14.4 Å². The first kappa shape index (κ1) is 33.4. The number of nitrogens with one attached hydrogen (secondary N) is 2. The van der Waals surface area contributed by atoms with E-state index in [-0.39, 0.29) is 28.4 Å². The number of halogens is 2. The normalized spacial score (nSPS) is 14.8. The molecular weight excluding hydrogens is 798 g/mol. The molecule has 0 fully saturated rings. The van der Waals surface area contributed by atoms with Gasteiger partial charge in [-0.3, -0.25) is 19.3 Å². The summed E-state index contributed by atoms with van der Waals surface area (Å²) in [4.78, 5) is 46.2. The average molecular weight is 829 g/mol. The second-order valence-corrected chi connectivity index (χ2v) is 12.7. The molecule has 10 heteroatoms. The molecule has 4 rings (SSSR count). The van der Waals surface area contributed by atoms with E-state index < -0.39 is 11.8 Å². The number of aliphatic imine (C=N–C) groups is 1. The Morgan fingerprint density at radius 2 is 1.61 bits per heavy atom. The van der Waals surface area contributed by atoms with Gasteiger partial charge in [-0.15, -0.1) is 0 Å². The fourth-order valence-corrected chi connectivity index (χ4v) is 7.64. The van der Waals surface area contributed by atoms with Crippen LogP contribution >= 0.6 is 56.9 Å². The predicted octanol–water partition coefficient (Wildman–Crippen LogP) is 7.33. The Hall–Kier alpha value is -3.49. The summed E-state index contributed by atoms with van der Waals surface area (Å²) in [6.45, 7) is 5.51. The molecule has 7 nitrogen and oxygen atoms in total. The molecule has 0 aromatic heterocycles. The lowest BCUT2D eigenvalue weighted by atomic mass is 9.99. The minimum atomic E-state index is -0.661. The molecule has 2 N–H and O–H groups in total. The summed E-state index contributed by atoms with van der Waals surface area (Å²) in [7, 11) is 1.84. The molecule has 0 saturated heterocycles. The SMILES string of the molecule is C=C/C=C\C(=C/C)N1C(=O)/C(=C/c2cc(I)c(NC)c(I)c2)C(=O)N=C1SCC(=O)NC(c1ccccc1)c1ccccc1. The Bertz CT molecular complexity index is 1620. The molecule has 0 spiro atoms. The number of allylic oxidation sites excluding steroid dienone is 4. The van der Waals surface area contributed by atoms with Gasteiger partial charge >= 0.3 is 0 Å². The van der Waals surface area contributed by atoms with Crippen molar-refractivity contribution in [2.75, 3.05) is 18.1 Å². The second-order valence-electron chi connectivity index (χ2n) is 9.43. The largest absolute Gasteiger partial charge is 0.386 e. The summed E-state index contributed by atoms with van der Waals surface area (Å²) in [5.74, 6) is -1.51.